The van der Waals surface area contributed by atoms with Crippen molar-refractivity contribution < 1.29 is 23.5 Å². The van der Waals surface area contributed by atoms with Gasteiger partial charge in [0.2, 0.25) is 11.8 Å². The molecule has 0 spiro atoms. The number of benzene rings is 3. The predicted molar refractivity (Wildman–Crippen MR) is 163 cm³/mol. The van der Waals surface area contributed by atoms with E-state index in [9.17, 15) is 18.8 Å². The highest BCUT2D eigenvalue weighted by molar-refractivity contribution is 5.91. The second kappa shape index (κ2) is 14.2. The van der Waals surface area contributed by atoms with Crippen LogP contribution in [0.5, 0.6) is 0 Å². The van der Waals surface area contributed by atoms with Crippen molar-refractivity contribution in [3.8, 4) is 12.3 Å². The molecule has 2 aliphatic heterocycles. The lowest BCUT2D eigenvalue weighted by molar-refractivity contribution is -0.189. The van der Waals surface area contributed by atoms with Crippen LogP contribution in [-0.4, -0.2) is 82.7 Å². The Morgan fingerprint density at radius 2 is 1.77 bits per heavy atom. The molecule has 0 aliphatic carbocycles. The van der Waals surface area contributed by atoms with Crippen LogP contribution < -0.4 is 5.32 Å². The van der Waals surface area contributed by atoms with Gasteiger partial charge in [-0.1, -0.05) is 78.2 Å². The third-order valence-corrected chi connectivity index (χ3v) is 7.81. The molecule has 10 heteroatoms. The van der Waals surface area contributed by atoms with Crippen LogP contribution in [0.1, 0.15) is 22.3 Å². The van der Waals surface area contributed by atoms with Crippen LogP contribution in [0.2, 0.25) is 0 Å². The van der Waals surface area contributed by atoms with Gasteiger partial charge in [0.25, 0.3) is 0 Å². The van der Waals surface area contributed by atoms with Crippen molar-refractivity contribution in [3.63, 3.8) is 0 Å². The van der Waals surface area contributed by atoms with Gasteiger partial charge in [-0.15, -0.1) is 6.42 Å². The number of carbonyl (C=O) groups excluding carboxylic acids is 3. The first-order chi connectivity index (χ1) is 21.3. The Hall–Kier alpha value is -4.72. The lowest BCUT2D eigenvalue weighted by atomic mass is 9.98. The van der Waals surface area contributed by atoms with Gasteiger partial charge in [-0.3, -0.25) is 9.59 Å². The zero-order chi connectivity index (χ0) is 31.1. The van der Waals surface area contributed by atoms with Gasteiger partial charge in [0, 0.05) is 19.5 Å². The number of aryl methyl sites for hydroxylation is 1. The number of nitrogens with zero attached hydrogens (tertiary/aromatic N) is 4. The lowest BCUT2D eigenvalue weighted by Gasteiger charge is -2.54. The maximum atomic E-state index is 14.0. The molecular formula is C34H36FN5O4. The zero-order valence-electron chi connectivity index (χ0n) is 24.7. The summed E-state index contributed by atoms with van der Waals surface area (Å²) >= 11 is 0. The van der Waals surface area contributed by atoms with Crippen LogP contribution in [0, 0.1) is 25.1 Å². The minimum atomic E-state index is -0.829. The number of hydrogen-bond donors (Lipinski definition) is 1. The van der Waals surface area contributed by atoms with Crippen molar-refractivity contribution in [2.45, 2.75) is 38.7 Å². The van der Waals surface area contributed by atoms with Crippen LogP contribution in [0.3, 0.4) is 0 Å². The van der Waals surface area contributed by atoms with E-state index in [-0.39, 0.29) is 70.0 Å². The first kappa shape index (κ1) is 30.7. The molecule has 3 aromatic carbocycles. The number of hydrogen-bond acceptors (Lipinski definition) is 5. The molecule has 228 valence electrons. The summed E-state index contributed by atoms with van der Waals surface area (Å²) in [6.07, 6.45) is 5.16. The fraction of sp³-hybridized carbons (Fsp3) is 0.324. The Balaban J connectivity index is 1.39. The molecule has 44 heavy (non-hydrogen) atoms. The number of hydrazine groups is 1. The first-order valence-corrected chi connectivity index (χ1v) is 14.6. The summed E-state index contributed by atoms with van der Waals surface area (Å²) in [7, 11) is 0. The van der Waals surface area contributed by atoms with Crippen molar-refractivity contribution in [2.24, 2.45) is 0 Å². The fourth-order valence-corrected chi connectivity index (χ4v) is 5.63. The molecule has 2 fully saturated rings. The minimum absolute atomic E-state index is 0.0438. The number of halogens is 1. The summed E-state index contributed by atoms with van der Waals surface area (Å²) in [5.74, 6) is 1.71. The Morgan fingerprint density at radius 1 is 1.02 bits per heavy atom. The molecule has 0 bridgehead atoms. The predicted octanol–water partition coefficient (Wildman–Crippen LogP) is 3.33. The van der Waals surface area contributed by atoms with E-state index in [1.165, 1.54) is 17.1 Å². The second-order valence-corrected chi connectivity index (χ2v) is 11.0. The van der Waals surface area contributed by atoms with E-state index in [2.05, 4.69) is 11.2 Å². The molecule has 0 aromatic heterocycles. The van der Waals surface area contributed by atoms with Gasteiger partial charge in [-0.25, -0.2) is 14.2 Å². The highest BCUT2D eigenvalue weighted by atomic mass is 19.1. The Labute approximate surface area is 257 Å². The van der Waals surface area contributed by atoms with Gasteiger partial charge in [0.15, 0.2) is 0 Å². The lowest BCUT2D eigenvalue weighted by Crippen LogP contribution is -2.76. The molecule has 2 atom stereocenters. The number of terminal acetylenes is 1. The number of nitrogens with one attached hydrogen (secondary N) is 1. The quantitative estimate of drug-likeness (QED) is 0.286. The Morgan fingerprint density at radius 3 is 2.50 bits per heavy atom. The molecule has 5 rings (SSSR count). The summed E-state index contributed by atoms with van der Waals surface area (Å²) in [6, 6.07) is 22.2. The van der Waals surface area contributed by atoms with Crippen LogP contribution >= 0.6 is 0 Å². The van der Waals surface area contributed by atoms with E-state index in [4.69, 9.17) is 11.2 Å². The van der Waals surface area contributed by atoms with Gasteiger partial charge < -0.3 is 19.9 Å². The standard InChI is InChI=1S/C34H36FN5O4/c1-3-16-38-23-32(41)39-30(20-26-14-12-25(2)13-15-26)33(42)37(17-18-44-24-28-10-7-11-29(35)19-28)22-31(39)40(38)34(43)36-21-27-8-5-4-6-9-27/h1,4-15,19,30-31H,16-18,20-24H2,2H3,(H,36,43)/t30-,31-/m0/s1. The molecular weight excluding hydrogens is 561 g/mol. The molecule has 2 aliphatic rings. The van der Waals surface area contributed by atoms with Crippen LogP contribution in [0.4, 0.5) is 9.18 Å². The van der Waals surface area contributed by atoms with Crippen LogP contribution in [0.25, 0.3) is 0 Å². The number of rotatable bonds is 10. The summed E-state index contributed by atoms with van der Waals surface area (Å²) in [5, 5.41) is 6.00. The van der Waals surface area contributed by atoms with Crippen molar-refractivity contribution >= 4 is 17.8 Å². The molecule has 1 N–H and O–H groups in total. The fourth-order valence-electron chi connectivity index (χ4n) is 5.63. The third kappa shape index (κ3) is 7.25. The summed E-state index contributed by atoms with van der Waals surface area (Å²) in [5.41, 5.74) is 3.58. The van der Waals surface area contributed by atoms with Crippen LogP contribution in [0.15, 0.2) is 78.9 Å². The number of urea groups is 1. The van der Waals surface area contributed by atoms with Crippen molar-refractivity contribution in [2.75, 3.05) is 32.8 Å². The van der Waals surface area contributed by atoms with E-state index in [0.29, 0.717) is 5.56 Å². The first-order valence-electron chi connectivity index (χ1n) is 14.6. The van der Waals surface area contributed by atoms with Crippen molar-refractivity contribution in [3.05, 3.63) is 107 Å². The summed E-state index contributed by atoms with van der Waals surface area (Å²) in [4.78, 5) is 44.5. The van der Waals surface area contributed by atoms with Gasteiger partial charge in [0.1, 0.15) is 18.0 Å². The van der Waals surface area contributed by atoms with Crippen molar-refractivity contribution in [1.82, 2.24) is 25.1 Å². The third-order valence-electron chi connectivity index (χ3n) is 7.81. The molecule has 2 heterocycles. The largest absolute Gasteiger partial charge is 0.375 e. The van der Waals surface area contributed by atoms with Crippen molar-refractivity contribution in [1.29, 1.82) is 0 Å². The van der Waals surface area contributed by atoms with E-state index < -0.39 is 18.2 Å². The topological polar surface area (TPSA) is 85.4 Å². The minimum Gasteiger partial charge on any atom is -0.375 e. The monoisotopic (exact) mass is 597 g/mol. The summed E-state index contributed by atoms with van der Waals surface area (Å²) in [6.45, 7) is 2.86. The Kier molecular flexibility index (Phi) is 9.89. The smallest absolute Gasteiger partial charge is 0.334 e. The zero-order valence-corrected chi connectivity index (χ0v) is 24.7. The number of fused-ring (bicyclic) bond motifs is 1. The number of ether oxygens (including phenoxy) is 1. The molecule has 0 radical (unpaired) electrons. The molecule has 0 saturated carbocycles. The number of amides is 4. The van der Waals surface area contributed by atoms with Crippen LogP contribution in [-0.2, 0) is 33.9 Å². The van der Waals surface area contributed by atoms with E-state index in [1.807, 2.05) is 61.5 Å². The average molecular weight is 598 g/mol. The van der Waals surface area contributed by atoms with E-state index >= 15 is 0 Å². The van der Waals surface area contributed by atoms with Gasteiger partial charge >= 0.3 is 6.03 Å². The molecule has 4 amide bonds. The number of carbonyl (C=O) groups is 3. The molecule has 0 unspecified atom stereocenters. The highest BCUT2D eigenvalue weighted by Crippen LogP contribution is 2.28. The summed E-state index contributed by atoms with van der Waals surface area (Å²) < 4.78 is 19.4. The van der Waals surface area contributed by atoms with E-state index in [0.717, 1.165) is 16.7 Å². The molecule has 9 nitrogen and oxygen atoms in total. The molecule has 2 saturated heterocycles. The SMILES string of the molecule is C#CCN1CC(=O)N2[C@@H](Cc3ccc(C)cc3)C(=O)N(CCOCc3cccc(F)c3)C[C@@H]2N1C(=O)NCc1ccccc1. The maximum absolute atomic E-state index is 14.0. The highest BCUT2D eigenvalue weighted by Gasteiger charge is 2.51. The normalized spacial score (nSPS) is 18.6. The maximum Gasteiger partial charge on any atom is 0.334 e. The number of piperazine rings is 1. The van der Waals surface area contributed by atoms with Gasteiger partial charge in [-0.2, -0.15) is 5.01 Å². The Bertz CT molecular complexity index is 1510. The van der Waals surface area contributed by atoms with E-state index in [1.54, 1.807) is 26.9 Å². The second-order valence-electron chi connectivity index (χ2n) is 11.0. The van der Waals surface area contributed by atoms with Gasteiger partial charge in [0.05, 0.1) is 32.8 Å². The molecule has 3 aromatic rings. The van der Waals surface area contributed by atoms with Gasteiger partial charge in [-0.05, 0) is 35.7 Å². The average Bonchev–Trinajstić information content (AvgIpc) is 3.01.